The summed E-state index contributed by atoms with van der Waals surface area (Å²) in [5.41, 5.74) is 2.90. The van der Waals surface area contributed by atoms with Gasteiger partial charge in [-0.15, -0.1) is 0 Å². The van der Waals surface area contributed by atoms with Crippen LogP contribution in [0.3, 0.4) is 0 Å². The first kappa shape index (κ1) is 12.1. The topological polar surface area (TPSA) is 49.3 Å². The zero-order valence-electron chi connectivity index (χ0n) is 10.3. The lowest BCUT2D eigenvalue weighted by atomic mass is 9.97. The highest BCUT2D eigenvalue weighted by atomic mass is 16.3. The molecule has 0 heterocycles. The van der Waals surface area contributed by atoms with E-state index in [1.165, 1.54) is 30.4 Å². The van der Waals surface area contributed by atoms with E-state index >= 15 is 0 Å². The van der Waals surface area contributed by atoms with E-state index in [2.05, 4.69) is 5.32 Å². The second-order valence-electron chi connectivity index (χ2n) is 4.65. The van der Waals surface area contributed by atoms with Crippen molar-refractivity contribution in [2.45, 2.75) is 32.1 Å². The van der Waals surface area contributed by atoms with Crippen LogP contribution in [-0.2, 0) is 12.8 Å². The first-order valence-corrected chi connectivity index (χ1v) is 6.25. The smallest absolute Gasteiger partial charge is 0.180 e. The summed E-state index contributed by atoms with van der Waals surface area (Å²) in [7, 11) is 1.73. The number of fused-ring (bicyclic) bond motifs is 1. The van der Waals surface area contributed by atoms with E-state index in [0.29, 0.717) is 5.56 Å². The maximum Gasteiger partial charge on any atom is 0.180 e. The number of benzene rings is 1. The van der Waals surface area contributed by atoms with E-state index < -0.39 is 0 Å². The minimum absolute atomic E-state index is 0.0444. The van der Waals surface area contributed by atoms with E-state index in [9.17, 15) is 9.90 Å². The molecule has 1 aliphatic rings. The molecule has 3 nitrogen and oxygen atoms in total. The zero-order valence-corrected chi connectivity index (χ0v) is 10.3. The van der Waals surface area contributed by atoms with Crippen LogP contribution in [0.5, 0.6) is 5.75 Å². The maximum atomic E-state index is 11.8. The second-order valence-corrected chi connectivity index (χ2v) is 4.65. The van der Waals surface area contributed by atoms with Gasteiger partial charge < -0.3 is 10.4 Å². The van der Waals surface area contributed by atoms with Crippen LogP contribution < -0.4 is 5.32 Å². The number of hydrogen-bond acceptors (Lipinski definition) is 3. The van der Waals surface area contributed by atoms with E-state index in [0.717, 1.165) is 12.8 Å². The van der Waals surface area contributed by atoms with Gasteiger partial charge in [0.15, 0.2) is 5.78 Å². The van der Waals surface area contributed by atoms with Crippen molar-refractivity contribution >= 4 is 5.78 Å². The fourth-order valence-electron chi connectivity index (χ4n) is 2.43. The molecule has 2 rings (SSSR count). The van der Waals surface area contributed by atoms with Crippen LogP contribution >= 0.6 is 0 Å². The molecule has 0 atom stereocenters. The van der Waals surface area contributed by atoms with E-state index in [1.54, 1.807) is 13.1 Å². The van der Waals surface area contributed by atoms with Gasteiger partial charge in [0.2, 0.25) is 0 Å². The van der Waals surface area contributed by atoms with Gasteiger partial charge >= 0.3 is 0 Å². The highest BCUT2D eigenvalue weighted by Gasteiger charge is 2.16. The highest BCUT2D eigenvalue weighted by Crippen LogP contribution is 2.28. The molecule has 0 saturated carbocycles. The van der Waals surface area contributed by atoms with E-state index in [-0.39, 0.29) is 18.1 Å². The number of aryl methyl sites for hydroxylation is 2. The Morgan fingerprint density at radius 3 is 2.53 bits per heavy atom. The number of nitrogens with one attached hydrogen (secondary N) is 1. The Labute approximate surface area is 102 Å². The van der Waals surface area contributed by atoms with Crippen molar-refractivity contribution in [2.24, 2.45) is 0 Å². The molecule has 0 amide bonds. The Bertz CT molecular complexity index is 426. The van der Waals surface area contributed by atoms with Crippen LogP contribution in [0.15, 0.2) is 12.1 Å². The summed E-state index contributed by atoms with van der Waals surface area (Å²) in [6.07, 6.45) is 5.63. The third-order valence-corrected chi connectivity index (χ3v) is 3.35. The molecular weight excluding hydrogens is 214 g/mol. The number of phenolic OH excluding ortho intramolecular Hbond substituents is 1. The number of ketones is 1. The van der Waals surface area contributed by atoms with Crippen molar-refractivity contribution in [3.8, 4) is 5.75 Å². The first-order chi connectivity index (χ1) is 8.22. The third-order valence-electron chi connectivity index (χ3n) is 3.35. The minimum atomic E-state index is -0.0444. The van der Waals surface area contributed by atoms with Crippen molar-refractivity contribution in [3.63, 3.8) is 0 Å². The number of Topliss-reactive ketones (excluding diaryl/α,β-unsaturated/α-hetero) is 1. The third kappa shape index (κ3) is 2.67. The van der Waals surface area contributed by atoms with Crippen molar-refractivity contribution in [2.75, 3.05) is 13.6 Å². The molecule has 0 radical (unpaired) electrons. The molecule has 1 aromatic rings. The molecule has 0 bridgehead atoms. The summed E-state index contributed by atoms with van der Waals surface area (Å²) in [5, 5.41) is 12.7. The van der Waals surface area contributed by atoms with Crippen LogP contribution in [0.4, 0.5) is 0 Å². The largest absolute Gasteiger partial charge is 0.507 e. The van der Waals surface area contributed by atoms with Crippen LogP contribution in [0, 0.1) is 0 Å². The van der Waals surface area contributed by atoms with Crippen LogP contribution in [0.25, 0.3) is 0 Å². The Hall–Kier alpha value is -1.35. The van der Waals surface area contributed by atoms with E-state index in [4.69, 9.17) is 0 Å². The van der Waals surface area contributed by atoms with Crippen molar-refractivity contribution in [3.05, 3.63) is 28.8 Å². The van der Waals surface area contributed by atoms with Gasteiger partial charge in [0, 0.05) is 0 Å². The average Bonchev–Trinajstić information content (AvgIpc) is 2.52. The Balaban J connectivity index is 2.35. The lowest BCUT2D eigenvalue weighted by molar-refractivity contribution is 0.0991. The van der Waals surface area contributed by atoms with Gasteiger partial charge in [-0.1, -0.05) is 6.42 Å². The summed E-state index contributed by atoms with van der Waals surface area (Å²) < 4.78 is 0. The molecule has 1 aliphatic carbocycles. The molecule has 0 fully saturated rings. The standard InChI is InChI=1S/C14H19NO2/c1-15-9-14(17)12-7-10-5-3-2-4-6-11(10)8-13(12)16/h7-8,15-16H,2-6,9H2,1H3. The van der Waals surface area contributed by atoms with Gasteiger partial charge in [0.1, 0.15) is 5.75 Å². The van der Waals surface area contributed by atoms with Gasteiger partial charge in [-0.3, -0.25) is 4.79 Å². The molecule has 0 spiro atoms. The van der Waals surface area contributed by atoms with Gasteiger partial charge in [-0.25, -0.2) is 0 Å². The predicted octanol–water partition coefficient (Wildman–Crippen LogP) is 2.06. The Morgan fingerprint density at radius 1 is 1.24 bits per heavy atom. The van der Waals surface area contributed by atoms with E-state index in [1.807, 2.05) is 6.07 Å². The highest BCUT2D eigenvalue weighted by molar-refractivity contribution is 6.00. The second kappa shape index (κ2) is 5.32. The molecule has 17 heavy (non-hydrogen) atoms. The van der Waals surface area contributed by atoms with Crippen LogP contribution in [-0.4, -0.2) is 24.5 Å². The summed E-state index contributed by atoms with van der Waals surface area (Å²) in [4.78, 5) is 11.8. The molecule has 0 aromatic heterocycles. The SMILES string of the molecule is CNCC(=O)c1cc2c(cc1O)CCCCC2. The van der Waals surface area contributed by atoms with Crippen molar-refractivity contribution in [1.82, 2.24) is 5.32 Å². The molecular formula is C14H19NO2. The zero-order chi connectivity index (χ0) is 12.3. The number of carbonyl (C=O) groups excluding carboxylic acids is 1. The summed E-state index contributed by atoms with van der Waals surface area (Å²) >= 11 is 0. The van der Waals surface area contributed by atoms with Gasteiger partial charge in [0.25, 0.3) is 0 Å². The van der Waals surface area contributed by atoms with Crippen LogP contribution in [0.2, 0.25) is 0 Å². The van der Waals surface area contributed by atoms with Crippen molar-refractivity contribution in [1.29, 1.82) is 0 Å². The quantitative estimate of drug-likeness (QED) is 0.620. The first-order valence-electron chi connectivity index (χ1n) is 6.25. The summed E-state index contributed by atoms with van der Waals surface area (Å²) in [6.45, 7) is 0.270. The molecule has 0 unspecified atom stereocenters. The lowest BCUT2D eigenvalue weighted by Crippen LogP contribution is -2.19. The number of phenols is 1. The fourth-order valence-corrected chi connectivity index (χ4v) is 2.43. The molecule has 0 saturated heterocycles. The fraction of sp³-hybridized carbons (Fsp3) is 0.500. The number of aromatic hydroxyl groups is 1. The van der Waals surface area contributed by atoms with Crippen LogP contribution in [0.1, 0.15) is 40.7 Å². The molecule has 3 heteroatoms. The molecule has 1 aromatic carbocycles. The predicted molar refractivity (Wildman–Crippen MR) is 67.6 cm³/mol. The number of likely N-dealkylation sites (N-methyl/N-ethyl adjacent to an activating group) is 1. The number of rotatable bonds is 3. The van der Waals surface area contributed by atoms with Crippen molar-refractivity contribution < 1.29 is 9.90 Å². The number of carbonyl (C=O) groups is 1. The Kier molecular flexibility index (Phi) is 3.79. The summed E-state index contributed by atoms with van der Waals surface area (Å²) in [6, 6.07) is 3.67. The molecule has 92 valence electrons. The Morgan fingerprint density at radius 2 is 1.88 bits per heavy atom. The molecule has 0 aliphatic heterocycles. The number of hydrogen-bond donors (Lipinski definition) is 2. The van der Waals surface area contributed by atoms with Gasteiger partial charge in [0.05, 0.1) is 12.1 Å². The van der Waals surface area contributed by atoms with Gasteiger partial charge in [-0.2, -0.15) is 0 Å². The lowest BCUT2D eigenvalue weighted by Gasteiger charge is -2.10. The minimum Gasteiger partial charge on any atom is -0.507 e. The monoisotopic (exact) mass is 233 g/mol. The summed E-state index contributed by atoms with van der Waals surface area (Å²) in [5.74, 6) is 0.0861. The maximum absolute atomic E-state index is 11.8. The van der Waals surface area contributed by atoms with Gasteiger partial charge in [-0.05, 0) is 56.0 Å². The molecule has 2 N–H and O–H groups in total. The average molecular weight is 233 g/mol. The normalized spacial score (nSPS) is 15.1.